The highest BCUT2D eigenvalue weighted by Crippen LogP contribution is 2.41. The monoisotopic (exact) mass is 353 g/mol. The molecule has 0 aliphatic heterocycles. The molecule has 1 aliphatic rings. The number of halogens is 1. The Hall–Kier alpha value is -1.06. The molecule has 2 rings (SSSR count). The Morgan fingerprint density at radius 1 is 1.25 bits per heavy atom. The number of esters is 1. The number of nitrogens with zero attached hydrogens (tertiary/aromatic N) is 1. The van der Waals surface area contributed by atoms with Crippen molar-refractivity contribution in [1.29, 1.82) is 0 Å². The summed E-state index contributed by atoms with van der Waals surface area (Å²) < 4.78 is 6.17. The van der Waals surface area contributed by atoms with Crippen molar-refractivity contribution in [3.8, 4) is 0 Å². The van der Waals surface area contributed by atoms with Gasteiger partial charge >= 0.3 is 5.97 Å². The quantitative estimate of drug-likeness (QED) is 0.676. The summed E-state index contributed by atoms with van der Waals surface area (Å²) in [5, 5.41) is 0. The molecule has 1 aromatic carbocycles. The predicted molar refractivity (Wildman–Crippen MR) is 102 cm³/mol. The Labute approximate surface area is 153 Å². The molecule has 24 heavy (non-hydrogen) atoms. The third kappa shape index (κ3) is 5.78. The minimum Gasteiger partial charge on any atom is -0.458 e. The van der Waals surface area contributed by atoms with E-state index in [0.717, 1.165) is 37.8 Å². The van der Waals surface area contributed by atoms with Crippen molar-refractivity contribution in [2.45, 2.75) is 57.5 Å². The topological polar surface area (TPSA) is 29.5 Å². The van der Waals surface area contributed by atoms with Crippen LogP contribution >= 0.6 is 12.4 Å². The Balaban J connectivity index is 0.00000288. The van der Waals surface area contributed by atoms with Crippen LogP contribution in [0, 0.1) is 5.92 Å². The first kappa shape index (κ1) is 21.0. The van der Waals surface area contributed by atoms with E-state index in [2.05, 4.69) is 25.9 Å². The van der Waals surface area contributed by atoms with Gasteiger partial charge in [-0.05, 0) is 45.3 Å². The first-order valence-electron chi connectivity index (χ1n) is 8.96. The number of benzene rings is 1. The smallest absolute Gasteiger partial charge is 0.310 e. The van der Waals surface area contributed by atoms with E-state index in [0.29, 0.717) is 12.3 Å². The normalized spacial score (nSPS) is 23.6. The van der Waals surface area contributed by atoms with Gasteiger partial charge in [-0.25, -0.2) is 0 Å². The second-order valence-corrected chi connectivity index (χ2v) is 7.16. The lowest BCUT2D eigenvalue weighted by Crippen LogP contribution is -2.48. The zero-order chi connectivity index (χ0) is 16.7. The van der Waals surface area contributed by atoms with Crippen molar-refractivity contribution in [3.05, 3.63) is 35.9 Å². The van der Waals surface area contributed by atoms with Crippen LogP contribution in [0.5, 0.6) is 0 Å². The highest BCUT2D eigenvalue weighted by molar-refractivity contribution is 5.85. The zero-order valence-electron chi connectivity index (χ0n) is 15.3. The molecule has 4 heteroatoms. The summed E-state index contributed by atoms with van der Waals surface area (Å²) in [7, 11) is 4.22. The number of carbonyl (C=O) groups is 1. The summed E-state index contributed by atoms with van der Waals surface area (Å²) in [4.78, 5) is 14.8. The fraction of sp³-hybridized carbons (Fsp3) is 0.650. The van der Waals surface area contributed by atoms with Crippen LogP contribution in [0.25, 0.3) is 0 Å². The summed E-state index contributed by atoms with van der Waals surface area (Å²) >= 11 is 0. The lowest BCUT2D eigenvalue weighted by atomic mass is 9.72. The van der Waals surface area contributed by atoms with Gasteiger partial charge in [-0.15, -0.1) is 12.4 Å². The molecule has 2 unspecified atom stereocenters. The predicted octanol–water partition coefficient (Wildman–Crippen LogP) is 4.48. The van der Waals surface area contributed by atoms with E-state index in [1.54, 1.807) is 0 Å². The highest BCUT2D eigenvalue weighted by atomic mass is 35.5. The molecule has 1 saturated carbocycles. The largest absolute Gasteiger partial charge is 0.458 e. The van der Waals surface area contributed by atoms with E-state index in [1.165, 1.54) is 12.8 Å². The molecular formula is C20H32ClNO2. The third-order valence-corrected chi connectivity index (χ3v) is 4.91. The van der Waals surface area contributed by atoms with Crippen LogP contribution in [0.2, 0.25) is 0 Å². The van der Waals surface area contributed by atoms with Gasteiger partial charge < -0.3 is 9.64 Å². The fourth-order valence-electron chi connectivity index (χ4n) is 3.94. The maximum Gasteiger partial charge on any atom is 0.310 e. The average molecular weight is 354 g/mol. The third-order valence-electron chi connectivity index (χ3n) is 4.91. The van der Waals surface area contributed by atoms with Crippen LogP contribution in [0.3, 0.4) is 0 Å². The Kier molecular flexibility index (Phi) is 8.79. The second kappa shape index (κ2) is 10.0. The van der Waals surface area contributed by atoms with Gasteiger partial charge in [0, 0.05) is 12.5 Å². The Bertz CT molecular complexity index is 488. The molecule has 0 radical (unpaired) electrons. The molecule has 0 amide bonds. The minimum atomic E-state index is -0.261. The molecule has 0 spiro atoms. The molecule has 2 atom stereocenters. The highest BCUT2D eigenvalue weighted by Gasteiger charge is 2.43. The van der Waals surface area contributed by atoms with Crippen LogP contribution < -0.4 is 0 Å². The molecule has 1 fully saturated rings. The number of hydrogen-bond acceptors (Lipinski definition) is 3. The van der Waals surface area contributed by atoms with E-state index in [-0.39, 0.29) is 24.0 Å². The van der Waals surface area contributed by atoms with E-state index in [4.69, 9.17) is 4.74 Å². The van der Waals surface area contributed by atoms with Gasteiger partial charge in [0.05, 0.1) is 6.42 Å². The standard InChI is InChI=1S/C20H31NO2.ClH/c1-4-13-20(14-9-8-12-18(20)16-21(2)3)23-19(22)15-17-10-6-5-7-11-17;/h5-7,10-11,18H,4,8-9,12-16H2,1-3H3;1H. The molecule has 3 nitrogen and oxygen atoms in total. The fourth-order valence-corrected chi connectivity index (χ4v) is 3.94. The van der Waals surface area contributed by atoms with Crippen molar-refractivity contribution in [2.24, 2.45) is 5.92 Å². The van der Waals surface area contributed by atoms with Crippen LogP contribution in [-0.2, 0) is 16.0 Å². The minimum absolute atomic E-state index is 0. The summed E-state index contributed by atoms with van der Waals surface area (Å²) in [6, 6.07) is 9.90. The van der Waals surface area contributed by atoms with E-state index in [1.807, 2.05) is 30.3 Å². The molecule has 0 aromatic heterocycles. The molecular weight excluding hydrogens is 322 g/mol. The van der Waals surface area contributed by atoms with Gasteiger partial charge in [-0.3, -0.25) is 4.79 Å². The summed E-state index contributed by atoms with van der Waals surface area (Å²) in [6.45, 7) is 3.19. The van der Waals surface area contributed by atoms with Crippen LogP contribution in [0.4, 0.5) is 0 Å². The number of hydrogen-bond donors (Lipinski definition) is 0. The Morgan fingerprint density at radius 2 is 1.96 bits per heavy atom. The van der Waals surface area contributed by atoms with Crippen LogP contribution in [0.15, 0.2) is 30.3 Å². The lowest BCUT2D eigenvalue weighted by molar-refractivity contribution is -0.172. The SMILES string of the molecule is CCCC1(OC(=O)Cc2ccccc2)CCCCC1CN(C)C.Cl. The van der Waals surface area contributed by atoms with Gasteiger partial charge in [0.2, 0.25) is 0 Å². The van der Waals surface area contributed by atoms with Crippen molar-refractivity contribution in [1.82, 2.24) is 4.90 Å². The van der Waals surface area contributed by atoms with E-state index >= 15 is 0 Å². The molecule has 136 valence electrons. The molecule has 0 saturated heterocycles. The summed E-state index contributed by atoms with van der Waals surface area (Å²) in [5.41, 5.74) is 0.771. The zero-order valence-corrected chi connectivity index (χ0v) is 16.1. The molecule has 0 bridgehead atoms. The Morgan fingerprint density at radius 3 is 2.58 bits per heavy atom. The summed E-state index contributed by atoms with van der Waals surface area (Å²) in [5.74, 6) is 0.376. The van der Waals surface area contributed by atoms with Crippen molar-refractivity contribution >= 4 is 18.4 Å². The lowest BCUT2D eigenvalue weighted by Gasteiger charge is -2.44. The first-order valence-corrected chi connectivity index (χ1v) is 8.96. The number of ether oxygens (including phenoxy) is 1. The van der Waals surface area contributed by atoms with E-state index < -0.39 is 0 Å². The average Bonchev–Trinajstić information content (AvgIpc) is 2.50. The van der Waals surface area contributed by atoms with Crippen molar-refractivity contribution in [3.63, 3.8) is 0 Å². The van der Waals surface area contributed by atoms with Gasteiger partial charge in [0.1, 0.15) is 5.60 Å². The molecule has 1 aliphatic carbocycles. The van der Waals surface area contributed by atoms with Gasteiger partial charge in [0.25, 0.3) is 0 Å². The van der Waals surface area contributed by atoms with Gasteiger partial charge in [-0.2, -0.15) is 0 Å². The second-order valence-electron chi connectivity index (χ2n) is 7.16. The van der Waals surface area contributed by atoms with Crippen molar-refractivity contribution in [2.75, 3.05) is 20.6 Å². The van der Waals surface area contributed by atoms with Gasteiger partial charge in [-0.1, -0.05) is 50.1 Å². The van der Waals surface area contributed by atoms with Crippen LogP contribution in [-0.4, -0.2) is 37.1 Å². The molecule has 1 aromatic rings. The summed E-state index contributed by atoms with van der Waals surface area (Å²) in [6.07, 6.45) is 7.01. The first-order chi connectivity index (χ1) is 11.1. The maximum atomic E-state index is 12.6. The maximum absolute atomic E-state index is 12.6. The number of rotatable bonds is 7. The van der Waals surface area contributed by atoms with Crippen LogP contribution in [0.1, 0.15) is 51.0 Å². The molecule has 0 N–H and O–H groups in total. The van der Waals surface area contributed by atoms with Crippen molar-refractivity contribution < 1.29 is 9.53 Å². The number of carbonyl (C=O) groups excluding carboxylic acids is 1. The van der Waals surface area contributed by atoms with Gasteiger partial charge in [0.15, 0.2) is 0 Å². The molecule has 0 heterocycles. The van der Waals surface area contributed by atoms with E-state index in [9.17, 15) is 4.79 Å².